The van der Waals surface area contributed by atoms with Crippen LogP contribution in [0.4, 0.5) is 0 Å². The maximum atomic E-state index is 9.61. The molecule has 0 spiro atoms. The first-order chi connectivity index (χ1) is 3.35. The topological polar surface area (TPSA) is 20.3 Å². The lowest BCUT2D eigenvalue weighted by Gasteiger charge is -1.90. The smallest absolute Gasteiger partial charge is 0.233 e. The summed E-state index contributed by atoms with van der Waals surface area (Å²) in [6, 6.07) is 3.86. The average Bonchev–Trinajstić information content (AvgIpc) is 1.72. The van der Waals surface area contributed by atoms with Gasteiger partial charge in [0.25, 0.3) is 0 Å². The van der Waals surface area contributed by atoms with Crippen molar-refractivity contribution in [2.45, 2.75) is 0 Å². The van der Waals surface area contributed by atoms with Gasteiger partial charge in [-0.3, -0.25) is 4.79 Å². The van der Waals surface area contributed by atoms with Gasteiger partial charge in [0.2, 0.25) is 6.41 Å². The van der Waals surface area contributed by atoms with Crippen LogP contribution in [0.25, 0.3) is 0 Å². The number of nitrogens with zero attached hydrogens (tertiary/aromatic N) is 1. The van der Waals surface area contributed by atoms with E-state index in [0.717, 1.165) is 4.90 Å². The molecule has 0 unspecified atom stereocenters. The SMILES string of the molecule is C#CN(C#C)C=O. The van der Waals surface area contributed by atoms with Crippen LogP contribution in [0, 0.1) is 24.9 Å². The van der Waals surface area contributed by atoms with Gasteiger partial charge in [-0.2, -0.15) is 4.90 Å². The van der Waals surface area contributed by atoms with Crippen molar-refractivity contribution in [1.29, 1.82) is 0 Å². The molecule has 0 aliphatic carbocycles. The molecular weight excluding hydrogens is 90.1 g/mol. The van der Waals surface area contributed by atoms with Crippen molar-refractivity contribution in [1.82, 2.24) is 4.90 Å². The van der Waals surface area contributed by atoms with Crippen LogP contribution < -0.4 is 0 Å². The van der Waals surface area contributed by atoms with Gasteiger partial charge >= 0.3 is 0 Å². The zero-order valence-electron chi connectivity index (χ0n) is 3.59. The van der Waals surface area contributed by atoms with Crippen molar-refractivity contribution < 1.29 is 4.79 Å². The maximum absolute atomic E-state index is 9.61. The van der Waals surface area contributed by atoms with Gasteiger partial charge < -0.3 is 0 Å². The highest BCUT2D eigenvalue weighted by Gasteiger charge is 1.80. The number of carbonyl (C=O) groups is 1. The van der Waals surface area contributed by atoms with Gasteiger partial charge in [0, 0.05) is 12.1 Å². The third-order valence-electron chi connectivity index (χ3n) is 0.384. The summed E-state index contributed by atoms with van der Waals surface area (Å²) in [7, 11) is 0. The molecule has 2 nitrogen and oxygen atoms in total. The number of amides is 1. The lowest BCUT2D eigenvalue weighted by Crippen LogP contribution is -2.04. The van der Waals surface area contributed by atoms with Crippen molar-refractivity contribution in [3.8, 4) is 24.9 Å². The zero-order chi connectivity index (χ0) is 5.70. The normalized spacial score (nSPS) is 5.43. The number of hydrogen-bond donors (Lipinski definition) is 0. The summed E-state index contributed by atoms with van der Waals surface area (Å²) in [5.74, 6) is 0. The van der Waals surface area contributed by atoms with Crippen LogP contribution in [-0.4, -0.2) is 11.3 Å². The molecule has 0 aromatic heterocycles. The second-order valence-electron chi connectivity index (χ2n) is 0.734. The lowest BCUT2D eigenvalue weighted by atomic mass is 10.8. The molecule has 0 saturated heterocycles. The molecule has 2 heteroatoms. The van der Waals surface area contributed by atoms with Crippen LogP contribution in [0.1, 0.15) is 0 Å². The largest absolute Gasteiger partial charge is 0.277 e. The molecule has 0 heterocycles. The van der Waals surface area contributed by atoms with Crippen molar-refractivity contribution in [3.63, 3.8) is 0 Å². The molecule has 0 bridgehead atoms. The minimum Gasteiger partial charge on any atom is -0.277 e. The highest BCUT2D eigenvalue weighted by molar-refractivity contribution is 5.53. The minimum atomic E-state index is 0.389. The van der Waals surface area contributed by atoms with Crippen LogP contribution in [0.15, 0.2) is 0 Å². The third-order valence-corrected chi connectivity index (χ3v) is 0.384. The molecule has 0 atom stereocenters. The van der Waals surface area contributed by atoms with E-state index >= 15 is 0 Å². The van der Waals surface area contributed by atoms with Crippen molar-refractivity contribution in [2.24, 2.45) is 0 Å². The predicted octanol–water partition coefficient (Wildman–Crippen LogP) is -0.374. The van der Waals surface area contributed by atoms with E-state index < -0.39 is 0 Å². The Bertz CT molecular complexity index is 123. The van der Waals surface area contributed by atoms with E-state index in [0.29, 0.717) is 6.41 Å². The predicted molar refractivity (Wildman–Crippen MR) is 25.6 cm³/mol. The molecule has 0 fully saturated rings. The maximum Gasteiger partial charge on any atom is 0.233 e. The first kappa shape index (κ1) is 5.59. The molecule has 0 aliphatic rings. The van der Waals surface area contributed by atoms with Gasteiger partial charge in [-0.25, -0.2) is 0 Å². The summed E-state index contributed by atoms with van der Waals surface area (Å²) in [5, 5.41) is 0. The first-order valence-corrected chi connectivity index (χ1v) is 1.52. The van der Waals surface area contributed by atoms with Crippen LogP contribution in [-0.2, 0) is 4.79 Å². The fourth-order valence-corrected chi connectivity index (χ4v) is 0.0981. The Balaban J connectivity index is 3.73. The van der Waals surface area contributed by atoms with Crippen LogP contribution >= 0.6 is 0 Å². The molecule has 0 N–H and O–H groups in total. The Hall–Kier alpha value is -1.41. The monoisotopic (exact) mass is 93.0 g/mol. The van der Waals surface area contributed by atoms with Crippen molar-refractivity contribution in [3.05, 3.63) is 0 Å². The molecule has 0 rings (SSSR count). The molecule has 0 aromatic rings. The first-order valence-electron chi connectivity index (χ1n) is 1.52. The highest BCUT2D eigenvalue weighted by Crippen LogP contribution is 1.66. The Morgan fingerprint density at radius 2 is 1.86 bits per heavy atom. The van der Waals surface area contributed by atoms with Crippen molar-refractivity contribution in [2.75, 3.05) is 0 Å². The van der Waals surface area contributed by atoms with Crippen LogP contribution in [0.2, 0.25) is 0 Å². The van der Waals surface area contributed by atoms with Gasteiger partial charge in [0.05, 0.1) is 0 Å². The summed E-state index contributed by atoms with van der Waals surface area (Å²) >= 11 is 0. The summed E-state index contributed by atoms with van der Waals surface area (Å²) in [6.07, 6.45) is 9.78. The van der Waals surface area contributed by atoms with Crippen LogP contribution in [0.3, 0.4) is 0 Å². The van der Waals surface area contributed by atoms with E-state index in [-0.39, 0.29) is 0 Å². The third kappa shape index (κ3) is 1.46. The number of terminal acetylenes is 2. The molecule has 34 valence electrons. The number of hydrogen-bond acceptors (Lipinski definition) is 1. The molecule has 7 heavy (non-hydrogen) atoms. The molecule has 0 aromatic carbocycles. The summed E-state index contributed by atoms with van der Waals surface area (Å²) < 4.78 is 0. The Morgan fingerprint density at radius 3 is 1.86 bits per heavy atom. The van der Waals surface area contributed by atoms with E-state index in [1.165, 1.54) is 0 Å². The van der Waals surface area contributed by atoms with Gasteiger partial charge in [0.1, 0.15) is 0 Å². The second-order valence-corrected chi connectivity index (χ2v) is 0.734. The van der Waals surface area contributed by atoms with Gasteiger partial charge in [0.15, 0.2) is 0 Å². The number of carbonyl (C=O) groups excluding carboxylic acids is 1. The van der Waals surface area contributed by atoms with E-state index in [1.54, 1.807) is 0 Å². The molecule has 0 aliphatic heterocycles. The summed E-state index contributed by atoms with van der Waals surface area (Å²) in [5.41, 5.74) is 0. The minimum absolute atomic E-state index is 0.389. The standard InChI is InChI=1S/C5H3NO/c1-3-6(4-2)5-7/h1-2,5H. The van der Waals surface area contributed by atoms with E-state index in [2.05, 4.69) is 0 Å². The zero-order valence-corrected chi connectivity index (χ0v) is 3.59. The Kier molecular flexibility index (Phi) is 2.24. The molecular formula is C5H3NO. The van der Waals surface area contributed by atoms with E-state index in [9.17, 15) is 4.79 Å². The fraction of sp³-hybridized carbons (Fsp3) is 0. The highest BCUT2D eigenvalue weighted by atomic mass is 16.1. The average molecular weight is 93.1 g/mol. The molecule has 0 saturated carbocycles. The lowest BCUT2D eigenvalue weighted by molar-refractivity contribution is -0.113. The van der Waals surface area contributed by atoms with Crippen LogP contribution in [0.5, 0.6) is 0 Å². The van der Waals surface area contributed by atoms with Gasteiger partial charge in [-0.1, -0.05) is 12.8 Å². The van der Waals surface area contributed by atoms with E-state index in [4.69, 9.17) is 12.8 Å². The van der Waals surface area contributed by atoms with Gasteiger partial charge in [-0.15, -0.1) is 0 Å². The molecule has 1 amide bonds. The van der Waals surface area contributed by atoms with E-state index in [1.807, 2.05) is 12.1 Å². The number of rotatable bonds is 1. The molecule has 0 radical (unpaired) electrons. The fourth-order valence-electron chi connectivity index (χ4n) is 0.0981. The quantitative estimate of drug-likeness (QED) is 0.246. The Morgan fingerprint density at radius 1 is 1.43 bits per heavy atom. The van der Waals surface area contributed by atoms with Crippen molar-refractivity contribution >= 4 is 6.41 Å². The summed E-state index contributed by atoms with van der Waals surface area (Å²) in [6.45, 7) is 0. The summed E-state index contributed by atoms with van der Waals surface area (Å²) in [4.78, 5) is 10.4. The second kappa shape index (κ2) is 2.81. The van der Waals surface area contributed by atoms with Gasteiger partial charge in [-0.05, 0) is 0 Å². The Labute approximate surface area is 42.1 Å².